The fraction of sp³-hybridized carbons (Fsp3) is 0.737. The van der Waals surface area contributed by atoms with E-state index in [-0.39, 0.29) is 35.8 Å². The molecular formula is C19H34IN5OS. The van der Waals surface area contributed by atoms with Crippen LogP contribution < -0.4 is 10.6 Å². The van der Waals surface area contributed by atoms with Crippen molar-refractivity contribution in [3.8, 4) is 0 Å². The van der Waals surface area contributed by atoms with Crippen molar-refractivity contribution in [2.75, 3.05) is 26.2 Å². The van der Waals surface area contributed by atoms with E-state index >= 15 is 0 Å². The van der Waals surface area contributed by atoms with Crippen LogP contribution in [0.4, 0.5) is 0 Å². The summed E-state index contributed by atoms with van der Waals surface area (Å²) in [5.74, 6) is 1.21. The van der Waals surface area contributed by atoms with Crippen LogP contribution >= 0.6 is 35.3 Å². The number of hydrogen-bond acceptors (Lipinski definition) is 4. The van der Waals surface area contributed by atoms with Gasteiger partial charge in [-0.25, -0.2) is 4.98 Å². The van der Waals surface area contributed by atoms with Crippen LogP contribution in [0.3, 0.4) is 0 Å². The van der Waals surface area contributed by atoms with Gasteiger partial charge in [-0.1, -0.05) is 20.8 Å². The fourth-order valence-corrected chi connectivity index (χ4v) is 3.86. The number of aliphatic imine (C=N–C) groups is 1. The maximum atomic E-state index is 12.1. The highest BCUT2D eigenvalue weighted by Gasteiger charge is 2.24. The van der Waals surface area contributed by atoms with Gasteiger partial charge in [0.25, 0.3) is 0 Å². The predicted octanol–water partition coefficient (Wildman–Crippen LogP) is 3.07. The van der Waals surface area contributed by atoms with E-state index in [1.807, 2.05) is 24.9 Å². The van der Waals surface area contributed by atoms with Gasteiger partial charge in [0.1, 0.15) is 0 Å². The second-order valence-electron chi connectivity index (χ2n) is 6.98. The highest BCUT2D eigenvalue weighted by molar-refractivity contribution is 14.0. The number of rotatable bonds is 7. The second kappa shape index (κ2) is 12.5. The molecule has 2 heterocycles. The Kier molecular flexibility index (Phi) is 11.2. The van der Waals surface area contributed by atoms with E-state index < -0.39 is 0 Å². The molecule has 2 rings (SSSR count). The first-order valence-corrected chi connectivity index (χ1v) is 10.6. The molecule has 1 aliphatic rings. The van der Waals surface area contributed by atoms with Crippen LogP contribution in [-0.2, 0) is 17.6 Å². The second-order valence-corrected chi connectivity index (χ2v) is 8.18. The van der Waals surface area contributed by atoms with E-state index in [1.165, 1.54) is 4.88 Å². The number of carbonyl (C=O) groups is 1. The molecule has 0 aromatic carbocycles. The molecule has 0 spiro atoms. The van der Waals surface area contributed by atoms with Gasteiger partial charge in [0, 0.05) is 55.6 Å². The molecule has 1 aromatic heterocycles. The molecule has 1 saturated heterocycles. The van der Waals surface area contributed by atoms with Crippen LogP contribution in [0.2, 0.25) is 0 Å². The Morgan fingerprint density at radius 1 is 1.37 bits per heavy atom. The van der Waals surface area contributed by atoms with Crippen molar-refractivity contribution in [1.82, 2.24) is 20.5 Å². The number of amides is 1. The summed E-state index contributed by atoms with van der Waals surface area (Å²) in [5, 5.41) is 8.01. The minimum atomic E-state index is 0. The van der Waals surface area contributed by atoms with Crippen LogP contribution in [0.5, 0.6) is 0 Å². The van der Waals surface area contributed by atoms with Gasteiger partial charge in [0.15, 0.2) is 5.96 Å². The zero-order chi connectivity index (χ0) is 18.9. The van der Waals surface area contributed by atoms with Gasteiger partial charge in [-0.15, -0.1) is 35.3 Å². The molecule has 1 aliphatic heterocycles. The van der Waals surface area contributed by atoms with Crippen LogP contribution in [0.25, 0.3) is 0 Å². The molecule has 0 bridgehead atoms. The number of piperidine rings is 1. The lowest BCUT2D eigenvalue weighted by Crippen LogP contribution is -2.50. The van der Waals surface area contributed by atoms with Crippen LogP contribution in [-0.4, -0.2) is 54.0 Å². The smallest absolute Gasteiger partial charge is 0.225 e. The third-order valence-corrected chi connectivity index (χ3v) is 5.73. The normalized spacial score (nSPS) is 15.6. The molecule has 0 aliphatic carbocycles. The molecule has 0 saturated carbocycles. The Morgan fingerprint density at radius 2 is 2.07 bits per heavy atom. The summed E-state index contributed by atoms with van der Waals surface area (Å²) in [4.78, 5) is 24.6. The first-order chi connectivity index (χ1) is 12.5. The number of halogens is 1. The van der Waals surface area contributed by atoms with Gasteiger partial charge >= 0.3 is 0 Å². The van der Waals surface area contributed by atoms with E-state index in [9.17, 15) is 4.79 Å². The Balaban J connectivity index is 0.00000364. The largest absolute Gasteiger partial charge is 0.357 e. The van der Waals surface area contributed by atoms with Gasteiger partial charge in [-0.3, -0.25) is 9.79 Å². The summed E-state index contributed by atoms with van der Waals surface area (Å²) in [5.41, 5.74) is 0. The van der Waals surface area contributed by atoms with Crippen LogP contribution in [0.1, 0.15) is 50.4 Å². The first kappa shape index (κ1) is 24.1. The van der Waals surface area contributed by atoms with Crippen molar-refractivity contribution >= 4 is 47.2 Å². The number of nitrogens with one attached hydrogen (secondary N) is 2. The number of nitrogens with zero attached hydrogens (tertiary/aromatic N) is 3. The molecule has 154 valence electrons. The average molecular weight is 507 g/mol. The summed E-state index contributed by atoms with van der Waals surface area (Å²) in [6.45, 7) is 11.4. The van der Waals surface area contributed by atoms with Crippen molar-refractivity contribution in [3.63, 3.8) is 0 Å². The number of aromatic nitrogens is 1. The summed E-state index contributed by atoms with van der Waals surface area (Å²) >= 11 is 1.78. The number of carbonyl (C=O) groups excluding carboxylic acids is 1. The summed E-state index contributed by atoms with van der Waals surface area (Å²) in [6.07, 6.45) is 5.83. The molecule has 0 atom stereocenters. The van der Waals surface area contributed by atoms with Crippen molar-refractivity contribution in [1.29, 1.82) is 0 Å². The zero-order valence-electron chi connectivity index (χ0n) is 17.0. The van der Waals surface area contributed by atoms with Gasteiger partial charge in [0.2, 0.25) is 5.91 Å². The number of guanidine groups is 1. The molecule has 2 N–H and O–H groups in total. The van der Waals surface area contributed by atoms with Crippen molar-refractivity contribution < 1.29 is 4.79 Å². The zero-order valence-corrected chi connectivity index (χ0v) is 20.1. The summed E-state index contributed by atoms with van der Waals surface area (Å²) < 4.78 is 0. The molecule has 1 fully saturated rings. The predicted molar refractivity (Wildman–Crippen MR) is 124 cm³/mol. The molecule has 6 nitrogen and oxygen atoms in total. The average Bonchev–Trinajstić information content (AvgIpc) is 3.10. The molecule has 0 radical (unpaired) electrons. The Morgan fingerprint density at radius 3 is 2.63 bits per heavy atom. The van der Waals surface area contributed by atoms with Gasteiger partial charge in [0.05, 0.1) is 5.01 Å². The lowest BCUT2D eigenvalue weighted by atomic mass is 10.0. The number of hydrogen-bond donors (Lipinski definition) is 2. The van der Waals surface area contributed by atoms with E-state index in [0.717, 1.165) is 62.8 Å². The summed E-state index contributed by atoms with van der Waals surface area (Å²) in [7, 11) is 0. The van der Waals surface area contributed by atoms with Gasteiger partial charge in [-0.05, 0) is 26.2 Å². The molecule has 1 amide bonds. The first-order valence-electron chi connectivity index (χ1n) is 9.80. The van der Waals surface area contributed by atoms with E-state index in [1.54, 1.807) is 11.3 Å². The van der Waals surface area contributed by atoms with Gasteiger partial charge < -0.3 is 15.5 Å². The Bertz CT molecular complexity index is 597. The Labute approximate surface area is 184 Å². The highest BCUT2D eigenvalue weighted by Crippen LogP contribution is 2.14. The third kappa shape index (κ3) is 7.93. The number of aryl methyl sites for hydroxylation is 1. The quantitative estimate of drug-likeness (QED) is 0.338. The number of likely N-dealkylation sites (tertiary alicyclic amines) is 1. The van der Waals surface area contributed by atoms with E-state index in [0.29, 0.717) is 6.04 Å². The minimum absolute atomic E-state index is 0. The number of thiazole rings is 1. The minimum Gasteiger partial charge on any atom is -0.357 e. The topological polar surface area (TPSA) is 69.6 Å². The molecule has 27 heavy (non-hydrogen) atoms. The third-order valence-electron chi connectivity index (χ3n) is 4.53. The Hall–Kier alpha value is -0.900. The monoisotopic (exact) mass is 507 g/mol. The fourth-order valence-electron chi connectivity index (χ4n) is 3.01. The van der Waals surface area contributed by atoms with Crippen LogP contribution in [0.15, 0.2) is 11.2 Å². The highest BCUT2D eigenvalue weighted by atomic mass is 127. The lowest BCUT2D eigenvalue weighted by Gasteiger charge is -2.34. The van der Waals surface area contributed by atoms with E-state index in [2.05, 4.69) is 29.5 Å². The molecular weight excluding hydrogens is 473 g/mol. The molecule has 8 heteroatoms. The lowest BCUT2D eigenvalue weighted by molar-refractivity contribution is -0.135. The maximum absolute atomic E-state index is 12.1. The van der Waals surface area contributed by atoms with Gasteiger partial charge in [-0.2, -0.15) is 0 Å². The maximum Gasteiger partial charge on any atom is 0.225 e. The van der Waals surface area contributed by atoms with Crippen molar-refractivity contribution in [3.05, 3.63) is 16.1 Å². The summed E-state index contributed by atoms with van der Waals surface area (Å²) in [6, 6.07) is 0.371. The standard InChI is InChI=1S/C19H33N5OS.HI/c1-5-16-13-22-17(26-16)7-10-21-19(20-6-2)23-15-8-11-24(12-9-15)18(25)14(3)4;/h13-15H,5-12H2,1-4H3,(H2,20,21,23);1H. The van der Waals surface area contributed by atoms with Crippen molar-refractivity contribution in [2.45, 2.75) is 59.4 Å². The van der Waals surface area contributed by atoms with E-state index in [4.69, 9.17) is 4.99 Å². The van der Waals surface area contributed by atoms with Crippen LogP contribution in [0, 0.1) is 5.92 Å². The molecule has 0 unspecified atom stereocenters. The van der Waals surface area contributed by atoms with Crippen molar-refractivity contribution in [2.24, 2.45) is 10.9 Å². The molecule has 1 aromatic rings. The SMILES string of the molecule is CCNC(=NCCc1ncc(CC)s1)NC1CCN(C(=O)C(C)C)CC1.I.